The maximum atomic E-state index is 12.2. The van der Waals surface area contributed by atoms with E-state index >= 15 is 0 Å². The number of nitrogens with zero attached hydrogens (tertiary/aromatic N) is 5. The van der Waals surface area contributed by atoms with Gasteiger partial charge in [0.2, 0.25) is 0 Å². The molecule has 0 unspecified atom stereocenters. The fourth-order valence-electron chi connectivity index (χ4n) is 2.13. The highest BCUT2D eigenvalue weighted by molar-refractivity contribution is 6.04. The van der Waals surface area contributed by atoms with Crippen molar-refractivity contribution in [1.82, 2.24) is 20.2 Å². The van der Waals surface area contributed by atoms with Gasteiger partial charge in [-0.1, -0.05) is 6.07 Å². The molecule has 9 heteroatoms. The number of hydrogen-bond acceptors (Lipinski definition) is 6. The molecule has 1 amide bonds. The van der Waals surface area contributed by atoms with Crippen LogP contribution in [0, 0.1) is 17.0 Å². The third-order valence-electron chi connectivity index (χ3n) is 3.41. The second-order valence-corrected chi connectivity index (χ2v) is 5.01. The Hall–Kier alpha value is -3.62. The van der Waals surface area contributed by atoms with E-state index in [9.17, 15) is 14.9 Å². The minimum absolute atomic E-state index is 0.0400. The molecule has 1 heterocycles. The van der Waals surface area contributed by atoms with Crippen LogP contribution in [0.3, 0.4) is 0 Å². The summed E-state index contributed by atoms with van der Waals surface area (Å²) in [4.78, 5) is 22.7. The van der Waals surface area contributed by atoms with E-state index in [-0.39, 0.29) is 11.6 Å². The molecule has 3 aromatic rings. The van der Waals surface area contributed by atoms with Gasteiger partial charge in [0.15, 0.2) is 0 Å². The largest absolute Gasteiger partial charge is 0.322 e. The number of hydrogen-bond donors (Lipinski definition) is 1. The number of carbonyl (C=O) groups excluding carboxylic acids is 1. The van der Waals surface area contributed by atoms with Gasteiger partial charge in [-0.05, 0) is 47.7 Å². The first kappa shape index (κ1) is 15.3. The van der Waals surface area contributed by atoms with Crippen LogP contribution < -0.4 is 5.32 Å². The lowest BCUT2D eigenvalue weighted by Crippen LogP contribution is -2.12. The molecule has 120 valence electrons. The second-order valence-electron chi connectivity index (χ2n) is 5.01. The number of aryl methyl sites for hydroxylation is 1. The van der Waals surface area contributed by atoms with E-state index in [0.717, 1.165) is 0 Å². The summed E-state index contributed by atoms with van der Waals surface area (Å²) in [6.07, 6.45) is 1.44. The third-order valence-corrected chi connectivity index (χ3v) is 3.41. The van der Waals surface area contributed by atoms with Crippen LogP contribution in [0.25, 0.3) is 5.69 Å². The summed E-state index contributed by atoms with van der Waals surface area (Å²) in [5.41, 5.74) is 1.98. The smallest absolute Gasteiger partial charge is 0.274 e. The molecule has 2 aromatic carbocycles. The van der Waals surface area contributed by atoms with Crippen molar-refractivity contribution in [2.45, 2.75) is 6.92 Å². The van der Waals surface area contributed by atoms with E-state index < -0.39 is 4.92 Å². The zero-order valence-electron chi connectivity index (χ0n) is 12.6. The number of tetrazole rings is 1. The van der Waals surface area contributed by atoms with Gasteiger partial charge in [0, 0.05) is 22.9 Å². The molecule has 3 rings (SSSR count). The number of nitrogens with one attached hydrogen (secondary N) is 1. The summed E-state index contributed by atoms with van der Waals surface area (Å²) in [5, 5.41) is 24.4. The minimum Gasteiger partial charge on any atom is -0.322 e. The quantitative estimate of drug-likeness (QED) is 0.580. The van der Waals surface area contributed by atoms with Gasteiger partial charge >= 0.3 is 0 Å². The number of amides is 1. The van der Waals surface area contributed by atoms with Gasteiger partial charge < -0.3 is 5.32 Å². The van der Waals surface area contributed by atoms with E-state index in [1.807, 2.05) is 0 Å². The molecule has 0 aliphatic rings. The Bertz CT molecular complexity index is 890. The first-order valence-electron chi connectivity index (χ1n) is 6.94. The van der Waals surface area contributed by atoms with Crippen LogP contribution in [0.1, 0.15) is 15.9 Å². The number of benzene rings is 2. The lowest BCUT2D eigenvalue weighted by molar-refractivity contribution is -0.385. The molecule has 0 spiro atoms. The number of aromatic nitrogens is 4. The summed E-state index contributed by atoms with van der Waals surface area (Å²) in [6.45, 7) is 1.64. The lowest BCUT2D eigenvalue weighted by Gasteiger charge is -2.07. The fourth-order valence-corrected chi connectivity index (χ4v) is 2.13. The maximum absolute atomic E-state index is 12.2. The molecule has 9 nitrogen and oxygen atoms in total. The zero-order valence-corrected chi connectivity index (χ0v) is 12.6. The first-order chi connectivity index (χ1) is 11.5. The molecule has 0 aliphatic carbocycles. The molecule has 0 radical (unpaired) electrons. The van der Waals surface area contributed by atoms with Gasteiger partial charge in [-0.2, -0.15) is 0 Å². The van der Waals surface area contributed by atoms with Crippen molar-refractivity contribution in [3.05, 3.63) is 70.0 Å². The highest BCUT2D eigenvalue weighted by Gasteiger charge is 2.13. The Labute approximate surface area is 136 Å². The highest BCUT2D eigenvalue weighted by Crippen LogP contribution is 2.22. The van der Waals surface area contributed by atoms with Gasteiger partial charge in [0.25, 0.3) is 11.6 Å². The summed E-state index contributed by atoms with van der Waals surface area (Å²) in [7, 11) is 0. The highest BCUT2D eigenvalue weighted by atomic mass is 16.6. The number of nitro groups is 1. The average molecular weight is 324 g/mol. The standard InChI is InChI=1S/C15H12N6O3/c1-10-2-5-12(8-14(10)21(23)24)17-15(22)11-3-6-13(7-4-11)20-9-16-18-19-20/h2-9H,1H3,(H,17,22). The van der Waals surface area contributed by atoms with Crippen molar-refractivity contribution in [2.24, 2.45) is 0 Å². The van der Waals surface area contributed by atoms with E-state index in [1.54, 1.807) is 43.3 Å². The van der Waals surface area contributed by atoms with Crippen molar-refractivity contribution in [3.8, 4) is 5.69 Å². The van der Waals surface area contributed by atoms with Gasteiger partial charge in [-0.15, -0.1) is 5.10 Å². The molecule has 0 atom stereocenters. The molecule has 0 saturated carbocycles. The first-order valence-corrected chi connectivity index (χ1v) is 6.94. The molecule has 1 N–H and O–H groups in total. The Morgan fingerprint density at radius 2 is 1.96 bits per heavy atom. The van der Waals surface area contributed by atoms with E-state index in [0.29, 0.717) is 22.5 Å². The van der Waals surface area contributed by atoms with Crippen molar-refractivity contribution < 1.29 is 9.72 Å². The molecule has 0 fully saturated rings. The van der Waals surface area contributed by atoms with Crippen LogP contribution in [-0.2, 0) is 0 Å². The van der Waals surface area contributed by atoms with Gasteiger partial charge in [0.1, 0.15) is 6.33 Å². The Balaban J connectivity index is 1.78. The van der Waals surface area contributed by atoms with Crippen LogP contribution >= 0.6 is 0 Å². The molecular weight excluding hydrogens is 312 g/mol. The molecule has 0 saturated heterocycles. The maximum Gasteiger partial charge on any atom is 0.274 e. The van der Waals surface area contributed by atoms with E-state index in [2.05, 4.69) is 20.8 Å². The predicted octanol–water partition coefficient (Wildman–Crippen LogP) is 2.13. The zero-order chi connectivity index (χ0) is 17.1. The summed E-state index contributed by atoms with van der Waals surface area (Å²) in [6, 6.07) is 11.2. The van der Waals surface area contributed by atoms with Gasteiger partial charge in [0.05, 0.1) is 10.6 Å². The van der Waals surface area contributed by atoms with Gasteiger partial charge in [-0.3, -0.25) is 14.9 Å². The molecule has 0 aliphatic heterocycles. The second kappa shape index (κ2) is 6.24. The SMILES string of the molecule is Cc1ccc(NC(=O)c2ccc(-n3cnnn3)cc2)cc1[N+](=O)[O-]. The number of nitro benzene ring substituents is 1. The van der Waals surface area contributed by atoms with Gasteiger partial charge in [-0.25, -0.2) is 4.68 Å². The van der Waals surface area contributed by atoms with Crippen molar-refractivity contribution >= 4 is 17.3 Å². The van der Waals surface area contributed by atoms with Crippen LogP contribution in [0.2, 0.25) is 0 Å². The Morgan fingerprint density at radius 1 is 1.21 bits per heavy atom. The molecule has 24 heavy (non-hydrogen) atoms. The van der Waals surface area contributed by atoms with Crippen LogP contribution in [-0.4, -0.2) is 31.0 Å². The molecular formula is C15H12N6O3. The monoisotopic (exact) mass is 324 g/mol. The Kier molecular flexibility index (Phi) is 3.98. The average Bonchev–Trinajstić information content (AvgIpc) is 3.11. The summed E-state index contributed by atoms with van der Waals surface area (Å²) in [5.74, 6) is -0.364. The molecule has 0 bridgehead atoms. The van der Waals surface area contributed by atoms with Crippen molar-refractivity contribution in [2.75, 3.05) is 5.32 Å². The van der Waals surface area contributed by atoms with Crippen molar-refractivity contribution in [1.29, 1.82) is 0 Å². The lowest BCUT2D eigenvalue weighted by atomic mass is 10.1. The van der Waals surface area contributed by atoms with Crippen LogP contribution in [0.15, 0.2) is 48.8 Å². The third kappa shape index (κ3) is 3.09. The summed E-state index contributed by atoms with van der Waals surface area (Å²) >= 11 is 0. The molecule has 1 aromatic heterocycles. The Morgan fingerprint density at radius 3 is 2.58 bits per heavy atom. The normalized spacial score (nSPS) is 10.4. The minimum atomic E-state index is -0.480. The van der Waals surface area contributed by atoms with Crippen LogP contribution in [0.4, 0.5) is 11.4 Å². The number of carbonyl (C=O) groups is 1. The topological polar surface area (TPSA) is 116 Å². The van der Waals surface area contributed by atoms with Crippen LogP contribution in [0.5, 0.6) is 0 Å². The predicted molar refractivity (Wildman–Crippen MR) is 84.9 cm³/mol. The fraction of sp³-hybridized carbons (Fsp3) is 0.0667. The van der Waals surface area contributed by atoms with E-state index in [1.165, 1.54) is 17.1 Å². The van der Waals surface area contributed by atoms with E-state index in [4.69, 9.17) is 0 Å². The summed E-state index contributed by atoms with van der Waals surface area (Å²) < 4.78 is 1.46. The van der Waals surface area contributed by atoms with Crippen molar-refractivity contribution in [3.63, 3.8) is 0 Å². The number of anilines is 1. The number of rotatable bonds is 4.